The van der Waals surface area contributed by atoms with Crippen LogP contribution in [0.4, 0.5) is 0 Å². The number of hydrogen-bond acceptors (Lipinski definition) is 3. The number of carbonyl (C=O) groups is 2. The summed E-state index contributed by atoms with van der Waals surface area (Å²) in [6, 6.07) is 15.0. The molecule has 6 heteroatoms. The highest BCUT2D eigenvalue weighted by molar-refractivity contribution is 7.99. The fraction of sp³-hybridized carbons (Fsp3) is 0.417. The number of halogens is 1. The van der Waals surface area contributed by atoms with Gasteiger partial charge in [-0.1, -0.05) is 48.0 Å². The minimum absolute atomic E-state index is 0.0474. The summed E-state index contributed by atoms with van der Waals surface area (Å²) in [4.78, 5) is 27.6. The number of hydrogen-bond donors (Lipinski definition) is 1. The molecule has 1 atom stereocenters. The number of amides is 2. The molecule has 2 amide bonds. The van der Waals surface area contributed by atoms with Crippen LogP contribution in [-0.2, 0) is 21.9 Å². The van der Waals surface area contributed by atoms with Gasteiger partial charge in [0.2, 0.25) is 11.8 Å². The zero-order valence-electron chi connectivity index (χ0n) is 18.4. The molecule has 0 heterocycles. The highest BCUT2D eigenvalue weighted by atomic mass is 35.5. The number of nitrogens with zero attached hydrogens (tertiary/aromatic N) is 1. The third kappa shape index (κ3) is 7.69. The highest BCUT2D eigenvalue weighted by Gasteiger charge is 2.28. The molecule has 4 nitrogen and oxygen atoms in total. The van der Waals surface area contributed by atoms with Crippen LogP contribution in [0.2, 0.25) is 5.02 Å². The molecular formula is C24H31ClN2O2S. The fourth-order valence-electron chi connectivity index (χ4n) is 2.95. The van der Waals surface area contributed by atoms with Crippen molar-refractivity contribution in [3.05, 3.63) is 70.2 Å². The molecular weight excluding hydrogens is 416 g/mol. The van der Waals surface area contributed by atoms with Crippen LogP contribution >= 0.6 is 23.4 Å². The maximum atomic E-state index is 13.1. The lowest BCUT2D eigenvalue weighted by Gasteiger charge is -2.31. The van der Waals surface area contributed by atoms with Crippen molar-refractivity contribution in [2.75, 3.05) is 5.75 Å². The Hall–Kier alpha value is -1.98. The summed E-state index contributed by atoms with van der Waals surface area (Å²) in [5.74, 6) is 0.826. The zero-order valence-corrected chi connectivity index (χ0v) is 19.9. The Bertz CT molecular complexity index is 862. The van der Waals surface area contributed by atoms with Crippen LogP contribution in [0.3, 0.4) is 0 Å². The summed E-state index contributed by atoms with van der Waals surface area (Å²) < 4.78 is 0. The summed E-state index contributed by atoms with van der Waals surface area (Å²) >= 11 is 7.47. The first-order valence-corrected chi connectivity index (χ1v) is 11.6. The van der Waals surface area contributed by atoms with Crippen LogP contribution in [0.15, 0.2) is 48.5 Å². The average molecular weight is 447 g/mol. The largest absolute Gasteiger partial charge is 0.350 e. The highest BCUT2D eigenvalue weighted by Crippen LogP contribution is 2.19. The Labute approximate surface area is 189 Å². The van der Waals surface area contributed by atoms with Crippen molar-refractivity contribution in [2.45, 2.75) is 58.5 Å². The number of carbonyl (C=O) groups excluding carboxylic acids is 2. The number of rotatable bonds is 8. The monoisotopic (exact) mass is 446 g/mol. The first kappa shape index (κ1) is 24.3. The molecule has 0 aromatic heterocycles. The van der Waals surface area contributed by atoms with E-state index < -0.39 is 6.04 Å². The molecule has 0 bridgehead atoms. The molecule has 2 aromatic carbocycles. The molecule has 0 aliphatic rings. The van der Waals surface area contributed by atoms with Crippen molar-refractivity contribution in [2.24, 2.45) is 0 Å². The molecule has 0 aliphatic carbocycles. The van der Waals surface area contributed by atoms with E-state index >= 15 is 0 Å². The van der Waals surface area contributed by atoms with Crippen molar-refractivity contribution >= 4 is 35.2 Å². The second-order valence-electron chi connectivity index (χ2n) is 8.48. The van der Waals surface area contributed by atoms with Gasteiger partial charge in [-0.25, -0.2) is 0 Å². The molecule has 0 fully saturated rings. The van der Waals surface area contributed by atoms with Crippen molar-refractivity contribution < 1.29 is 9.59 Å². The van der Waals surface area contributed by atoms with Gasteiger partial charge in [0.05, 0.1) is 5.75 Å². The van der Waals surface area contributed by atoms with E-state index in [2.05, 4.69) is 5.32 Å². The van der Waals surface area contributed by atoms with Gasteiger partial charge in [0.1, 0.15) is 6.04 Å². The van der Waals surface area contributed by atoms with Crippen LogP contribution in [0.1, 0.15) is 44.4 Å². The van der Waals surface area contributed by atoms with Gasteiger partial charge in [-0.3, -0.25) is 9.59 Å². The quantitative estimate of drug-likeness (QED) is 0.605. The van der Waals surface area contributed by atoms with Crippen LogP contribution < -0.4 is 5.32 Å². The zero-order chi connectivity index (χ0) is 22.3. The molecule has 2 rings (SSSR count). The average Bonchev–Trinajstić information content (AvgIpc) is 2.67. The van der Waals surface area contributed by atoms with Gasteiger partial charge < -0.3 is 10.2 Å². The van der Waals surface area contributed by atoms with Gasteiger partial charge in [0.15, 0.2) is 0 Å². The molecule has 2 aromatic rings. The molecule has 1 N–H and O–H groups in total. The van der Waals surface area contributed by atoms with E-state index in [1.165, 1.54) is 11.8 Å². The molecule has 0 saturated heterocycles. The third-order valence-corrected chi connectivity index (χ3v) is 5.92. The fourth-order valence-corrected chi connectivity index (χ4v) is 3.94. The summed E-state index contributed by atoms with van der Waals surface area (Å²) in [6.07, 6.45) is 0. The predicted molar refractivity (Wildman–Crippen MR) is 127 cm³/mol. The van der Waals surface area contributed by atoms with Crippen LogP contribution in [0.5, 0.6) is 0 Å². The van der Waals surface area contributed by atoms with E-state index in [9.17, 15) is 9.59 Å². The third-order valence-electron chi connectivity index (χ3n) is 4.67. The maximum absolute atomic E-state index is 13.1. The minimum atomic E-state index is -0.563. The summed E-state index contributed by atoms with van der Waals surface area (Å²) in [5, 5.41) is 3.69. The van der Waals surface area contributed by atoms with Gasteiger partial charge in [0.25, 0.3) is 0 Å². The number of nitrogens with one attached hydrogen (secondary N) is 1. The van der Waals surface area contributed by atoms with E-state index in [-0.39, 0.29) is 17.4 Å². The lowest BCUT2D eigenvalue weighted by Crippen LogP contribution is -2.52. The van der Waals surface area contributed by atoms with Gasteiger partial charge in [0, 0.05) is 22.9 Å². The maximum Gasteiger partial charge on any atom is 0.242 e. The topological polar surface area (TPSA) is 49.4 Å². The molecule has 0 saturated carbocycles. The normalized spacial score (nSPS) is 12.3. The van der Waals surface area contributed by atoms with Gasteiger partial charge in [-0.2, -0.15) is 0 Å². The number of benzene rings is 2. The first-order chi connectivity index (χ1) is 14.1. The Morgan fingerprint density at radius 1 is 1.10 bits per heavy atom. The second-order valence-corrected chi connectivity index (χ2v) is 9.90. The van der Waals surface area contributed by atoms with Crippen LogP contribution in [0.25, 0.3) is 0 Å². The lowest BCUT2D eigenvalue weighted by molar-refractivity contribution is -0.139. The molecule has 30 heavy (non-hydrogen) atoms. The van der Waals surface area contributed by atoms with Gasteiger partial charge >= 0.3 is 0 Å². The predicted octanol–water partition coefficient (Wildman–Crippen LogP) is 5.21. The lowest BCUT2D eigenvalue weighted by atomic mass is 10.1. The van der Waals surface area contributed by atoms with Crippen molar-refractivity contribution in [1.82, 2.24) is 10.2 Å². The molecule has 0 spiro atoms. The van der Waals surface area contributed by atoms with Gasteiger partial charge in [-0.15, -0.1) is 11.8 Å². The van der Waals surface area contributed by atoms with E-state index in [0.29, 0.717) is 23.1 Å². The molecule has 0 unspecified atom stereocenters. The number of thioether (sulfide) groups is 1. The summed E-state index contributed by atoms with van der Waals surface area (Å²) in [7, 11) is 0. The summed E-state index contributed by atoms with van der Waals surface area (Å²) in [5.41, 5.74) is 2.91. The van der Waals surface area contributed by atoms with Crippen LogP contribution in [0, 0.1) is 6.92 Å². The van der Waals surface area contributed by atoms with E-state index in [1.807, 2.05) is 76.2 Å². The van der Waals surface area contributed by atoms with Crippen molar-refractivity contribution in [3.63, 3.8) is 0 Å². The first-order valence-electron chi connectivity index (χ1n) is 10.0. The Morgan fingerprint density at radius 3 is 2.33 bits per heavy atom. The van der Waals surface area contributed by atoms with Crippen molar-refractivity contribution in [3.8, 4) is 0 Å². The summed E-state index contributed by atoms with van der Waals surface area (Å²) in [6.45, 7) is 10.0. The molecule has 0 radical (unpaired) electrons. The molecule has 0 aliphatic heterocycles. The SMILES string of the molecule is Cc1ccccc1CN(C(=O)CSCc1ccc(Cl)cc1)[C@H](C)C(=O)NC(C)(C)C. The van der Waals surface area contributed by atoms with Crippen LogP contribution in [-0.4, -0.2) is 34.0 Å². The Morgan fingerprint density at radius 2 is 1.73 bits per heavy atom. The second kappa shape index (κ2) is 10.9. The number of aryl methyl sites for hydroxylation is 1. The standard InChI is InChI=1S/C24H31ClN2O2S/c1-17-8-6-7-9-20(17)14-27(18(2)23(29)26-24(3,4)5)22(28)16-30-15-19-10-12-21(25)13-11-19/h6-13,18H,14-16H2,1-5H3,(H,26,29)/t18-/m1/s1. The molecule has 162 valence electrons. The van der Waals surface area contributed by atoms with Crippen molar-refractivity contribution in [1.29, 1.82) is 0 Å². The Balaban J connectivity index is 2.10. The smallest absolute Gasteiger partial charge is 0.242 e. The van der Waals surface area contributed by atoms with Gasteiger partial charge in [-0.05, 0) is 63.4 Å². The minimum Gasteiger partial charge on any atom is -0.350 e. The van der Waals surface area contributed by atoms with E-state index in [0.717, 1.165) is 16.7 Å². The Kier molecular flexibility index (Phi) is 8.80. The van der Waals surface area contributed by atoms with E-state index in [1.54, 1.807) is 11.8 Å². The van der Waals surface area contributed by atoms with E-state index in [4.69, 9.17) is 11.6 Å².